The molecule has 0 aliphatic carbocycles. The van der Waals surface area contributed by atoms with Crippen LogP contribution in [-0.2, 0) is 11.3 Å². The number of nitrogens with one attached hydrogen (secondary N) is 2. The van der Waals surface area contributed by atoms with Gasteiger partial charge < -0.3 is 20.3 Å². The van der Waals surface area contributed by atoms with Gasteiger partial charge in [-0.2, -0.15) is 0 Å². The molecule has 3 atom stereocenters. The number of rotatable bonds is 2. The Bertz CT molecular complexity index is 855. The summed E-state index contributed by atoms with van der Waals surface area (Å²) in [5.74, 6) is 0.849. The molecule has 28 heavy (non-hydrogen) atoms. The molecule has 0 spiro atoms. The van der Waals surface area contributed by atoms with Crippen LogP contribution in [0.5, 0.6) is 5.75 Å². The fourth-order valence-electron chi connectivity index (χ4n) is 3.86. The van der Waals surface area contributed by atoms with Gasteiger partial charge in [-0.3, -0.25) is 4.79 Å². The van der Waals surface area contributed by atoms with Crippen LogP contribution in [-0.4, -0.2) is 35.5 Å². The lowest BCUT2D eigenvalue weighted by Crippen LogP contribution is -2.54. The number of urea groups is 1. The molecule has 4 rings (SSSR count). The molecule has 1 unspecified atom stereocenters. The molecule has 3 amide bonds. The second kappa shape index (κ2) is 7.92. The van der Waals surface area contributed by atoms with Crippen molar-refractivity contribution in [1.82, 2.24) is 15.5 Å². The molecule has 0 bridgehead atoms. The maximum Gasteiger partial charge on any atom is 0.318 e. The number of fused-ring (bicyclic) bond motifs is 1. The molecule has 0 saturated carbocycles. The third-order valence-corrected chi connectivity index (χ3v) is 5.46. The third-order valence-electron chi connectivity index (χ3n) is 5.46. The maximum absolute atomic E-state index is 13.1. The molecular weight excluding hydrogens is 354 g/mol. The standard InChI is InChI=1S/C22H25N3O3/c1-15-14-28-19-10-6-5-9-17(19)13-25(15)22(27)23-18-11-12-20(26)24-21(18)16-7-3-2-4-8-16/h2-10,15,18,21H,11-14H2,1H3,(H,23,27)(H,24,26)/t15?,18-,21+/m1/s1. The van der Waals surface area contributed by atoms with Crippen LogP contribution in [0.25, 0.3) is 0 Å². The van der Waals surface area contributed by atoms with Crippen molar-refractivity contribution in [2.24, 2.45) is 0 Å². The van der Waals surface area contributed by atoms with Gasteiger partial charge in [0, 0.05) is 12.0 Å². The Kier molecular flexibility index (Phi) is 5.19. The van der Waals surface area contributed by atoms with Crippen LogP contribution in [0.2, 0.25) is 0 Å². The van der Waals surface area contributed by atoms with Crippen molar-refractivity contribution in [2.75, 3.05) is 6.61 Å². The van der Waals surface area contributed by atoms with Crippen LogP contribution in [0.3, 0.4) is 0 Å². The van der Waals surface area contributed by atoms with Crippen molar-refractivity contribution in [3.63, 3.8) is 0 Å². The summed E-state index contributed by atoms with van der Waals surface area (Å²) < 4.78 is 5.86. The lowest BCUT2D eigenvalue weighted by atomic mass is 9.92. The molecule has 6 heteroatoms. The molecule has 2 N–H and O–H groups in total. The predicted octanol–water partition coefficient (Wildman–Crippen LogP) is 3.00. The Morgan fingerprint density at radius 2 is 1.89 bits per heavy atom. The van der Waals surface area contributed by atoms with Gasteiger partial charge >= 0.3 is 6.03 Å². The SMILES string of the molecule is CC1COc2ccccc2CN1C(=O)N[C@@H]1CCC(=O)N[C@H]1c1ccccc1. The number of para-hydroxylation sites is 1. The first-order valence-corrected chi connectivity index (χ1v) is 9.74. The number of hydrogen-bond donors (Lipinski definition) is 2. The fraction of sp³-hybridized carbons (Fsp3) is 0.364. The van der Waals surface area contributed by atoms with E-state index in [1.807, 2.05) is 66.4 Å². The average molecular weight is 379 g/mol. The largest absolute Gasteiger partial charge is 0.491 e. The summed E-state index contributed by atoms with van der Waals surface area (Å²) in [6, 6.07) is 17.0. The molecule has 6 nitrogen and oxygen atoms in total. The molecule has 2 aromatic rings. The van der Waals surface area contributed by atoms with E-state index < -0.39 is 0 Å². The second-order valence-electron chi connectivity index (χ2n) is 7.45. The molecule has 0 radical (unpaired) electrons. The minimum atomic E-state index is -0.225. The van der Waals surface area contributed by atoms with Crippen molar-refractivity contribution in [2.45, 2.75) is 44.4 Å². The highest BCUT2D eigenvalue weighted by Gasteiger charge is 2.33. The van der Waals surface area contributed by atoms with Crippen molar-refractivity contribution < 1.29 is 14.3 Å². The summed E-state index contributed by atoms with van der Waals surface area (Å²) in [6.07, 6.45) is 1.03. The third kappa shape index (κ3) is 3.81. The minimum absolute atomic E-state index is 0.0184. The fourth-order valence-corrected chi connectivity index (χ4v) is 3.86. The van der Waals surface area contributed by atoms with E-state index in [9.17, 15) is 9.59 Å². The Morgan fingerprint density at radius 1 is 1.14 bits per heavy atom. The highest BCUT2D eigenvalue weighted by Crippen LogP contribution is 2.27. The highest BCUT2D eigenvalue weighted by atomic mass is 16.5. The molecule has 1 saturated heterocycles. The number of ether oxygens (including phenoxy) is 1. The zero-order valence-electron chi connectivity index (χ0n) is 15.9. The molecule has 2 aliphatic rings. The van der Waals surface area contributed by atoms with Crippen molar-refractivity contribution >= 4 is 11.9 Å². The van der Waals surface area contributed by atoms with Crippen LogP contribution in [0.15, 0.2) is 54.6 Å². The minimum Gasteiger partial charge on any atom is -0.491 e. The summed E-state index contributed by atoms with van der Waals surface area (Å²) >= 11 is 0. The average Bonchev–Trinajstić information content (AvgIpc) is 2.89. The number of hydrogen-bond acceptors (Lipinski definition) is 3. The van der Waals surface area contributed by atoms with E-state index in [1.165, 1.54) is 0 Å². The van der Waals surface area contributed by atoms with Crippen LogP contribution in [0.1, 0.15) is 36.9 Å². The van der Waals surface area contributed by atoms with Crippen molar-refractivity contribution in [1.29, 1.82) is 0 Å². The molecule has 0 aromatic heterocycles. The summed E-state index contributed by atoms with van der Waals surface area (Å²) in [4.78, 5) is 26.9. The van der Waals surface area contributed by atoms with Gasteiger partial charge in [-0.1, -0.05) is 48.5 Å². The molecule has 146 valence electrons. The van der Waals surface area contributed by atoms with E-state index in [0.717, 1.165) is 16.9 Å². The number of amides is 3. The number of nitrogens with zero attached hydrogens (tertiary/aromatic N) is 1. The van der Waals surface area contributed by atoms with Gasteiger partial charge in [-0.05, 0) is 25.0 Å². The van der Waals surface area contributed by atoms with Crippen LogP contribution in [0, 0.1) is 0 Å². The van der Waals surface area contributed by atoms with Crippen LogP contribution < -0.4 is 15.4 Å². The monoisotopic (exact) mass is 379 g/mol. The number of carbonyl (C=O) groups excluding carboxylic acids is 2. The van der Waals surface area contributed by atoms with Crippen molar-refractivity contribution in [3.05, 3.63) is 65.7 Å². The number of benzene rings is 2. The van der Waals surface area contributed by atoms with E-state index in [-0.39, 0.29) is 30.1 Å². The van der Waals surface area contributed by atoms with E-state index in [2.05, 4.69) is 10.6 Å². The number of piperidine rings is 1. The van der Waals surface area contributed by atoms with Gasteiger partial charge in [0.15, 0.2) is 0 Å². The zero-order chi connectivity index (χ0) is 19.5. The summed E-state index contributed by atoms with van der Waals surface area (Å²) in [5.41, 5.74) is 2.00. The Hall–Kier alpha value is -3.02. The lowest BCUT2D eigenvalue weighted by molar-refractivity contribution is -0.123. The Balaban J connectivity index is 1.52. The summed E-state index contributed by atoms with van der Waals surface area (Å²) in [6.45, 7) is 2.94. The zero-order valence-corrected chi connectivity index (χ0v) is 15.9. The Morgan fingerprint density at radius 3 is 2.71 bits per heavy atom. The van der Waals surface area contributed by atoms with Crippen LogP contribution in [0.4, 0.5) is 4.79 Å². The van der Waals surface area contributed by atoms with Gasteiger partial charge in [0.2, 0.25) is 5.91 Å². The van der Waals surface area contributed by atoms with Crippen LogP contribution >= 0.6 is 0 Å². The molecule has 2 aliphatic heterocycles. The summed E-state index contributed by atoms with van der Waals surface area (Å²) in [7, 11) is 0. The van der Waals surface area contributed by atoms with Gasteiger partial charge in [-0.25, -0.2) is 4.79 Å². The van der Waals surface area contributed by atoms with Gasteiger partial charge in [-0.15, -0.1) is 0 Å². The van der Waals surface area contributed by atoms with Gasteiger partial charge in [0.1, 0.15) is 12.4 Å². The maximum atomic E-state index is 13.1. The predicted molar refractivity (Wildman–Crippen MR) is 106 cm³/mol. The molecule has 1 fully saturated rings. The normalized spacial score (nSPS) is 24.4. The highest BCUT2D eigenvalue weighted by molar-refractivity contribution is 5.79. The first kappa shape index (κ1) is 18.3. The first-order valence-electron chi connectivity index (χ1n) is 9.74. The lowest BCUT2D eigenvalue weighted by Gasteiger charge is -2.35. The Labute approximate surface area is 164 Å². The van der Waals surface area contributed by atoms with Crippen molar-refractivity contribution in [3.8, 4) is 5.75 Å². The number of carbonyl (C=O) groups is 2. The van der Waals surface area contributed by atoms with E-state index >= 15 is 0 Å². The molecule has 2 heterocycles. The van der Waals surface area contributed by atoms with E-state index in [0.29, 0.717) is 26.0 Å². The quantitative estimate of drug-likeness (QED) is 0.843. The molecule has 2 aromatic carbocycles. The topological polar surface area (TPSA) is 70.7 Å². The molecular formula is C22H25N3O3. The second-order valence-corrected chi connectivity index (χ2v) is 7.45. The van der Waals surface area contributed by atoms with Gasteiger partial charge in [0.25, 0.3) is 0 Å². The summed E-state index contributed by atoms with van der Waals surface area (Å²) in [5, 5.41) is 6.20. The van der Waals surface area contributed by atoms with Gasteiger partial charge in [0.05, 0.1) is 24.7 Å². The van der Waals surface area contributed by atoms with E-state index in [4.69, 9.17) is 4.74 Å². The smallest absolute Gasteiger partial charge is 0.318 e. The van der Waals surface area contributed by atoms with E-state index in [1.54, 1.807) is 0 Å². The first-order chi connectivity index (χ1) is 13.6.